The largest absolute Gasteiger partial charge is 0.341 e. The first-order valence-electron chi connectivity index (χ1n) is 6.70. The molecule has 1 aromatic rings. The standard InChI is InChI=1S/C15H20ClNO/c1-2-12-7-6-10-17(11-12)15(18)14(16)13-8-4-3-5-9-13/h3-5,8-9,12,14H,2,6-7,10-11H2,1H3. The van der Waals surface area contributed by atoms with Gasteiger partial charge in [-0.05, 0) is 24.3 Å². The molecule has 1 aliphatic rings. The number of carbonyl (C=O) groups is 1. The predicted molar refractivity (Wildman–Crippen MR) is 74.6 cm³/mol. The van der Waals surface area contributed by atoms with E-state index in [1.165, 1.54) is 6.42 Å². The van der Waals surface area contributed by atoms with E-state index in [1.807, 2.05) is 35.2 Å². The Labute approximate surface area is 114 Å². The summed E-state index contributed by atoms with van der Waals surface area (Å²) in [5, 5.41) is -0.540. The van der Waals surface area contributed by atoms with Crippen LogP contribution in [0.1, 0.15) is 37.1 Å². The van der Waals surface area contributed by atoms with Crippen molar-refractivity contribution in [2.75, 3.05) is 13.1 Å². The van der Waals surface area contributed by atoms with Gasteiger partial charge in [0.1, 0.15) is 5.38 Å². The Bertz CT molecular complexity index is 393. The van der Waals surface area contributed by atoms with E-state index in [0.29, 0.717) is 5.92 Å². The molecule has 1 saturated heterocycles. The number of likely N-dealkylation sites (tertiary alicyclic amines) is 1. The first-order valence-corrected chi connectivity index (χ1v) is 7.13. The van der Waals surface area contributed by atoms with E-state index in [0.717, 1.165) is 31.5 Å². The number of alkyl halides is 1. The number of rotatable bonds is 3. The minimum Gasteiger partial charge on any atom is -0.341 e. The highest BCUT2D eigenvalue weighted by atomic mass is 35.5. The summed E-state index contributed by atoms with van der Waals surface area (Å²) in [6.45, 7) is 3.91. The fourth-order valence-corrected chi connectivity index (χ4v) is 2.81. The number of benzene rings is 1. The number of nitrogens with zero attached hydrogens (tertiary/aromatic N) is 1. The number of hydrogen-bond donors (Lipinski definition) is 0. The zero-order valence-electron chi connectivity index (χ0n) is 10.8. The van der Waals surface area contributed by atoms with Gasteiger partial charge in [0.2, 0.25) is 5.91 Å². The van der Waals surface area contributed by atoms with Gasteiger partial charge in [-0.25, -0.2) is 0 Å². The van der Waals surface area contributed by atoms with Crippen LogP contribution in [0.2, 0.25) is 0 Å². The second-order valence-electron chi connectivity index (χ2n) is 4.97. The summed E-state index contributed by atoms with van der Waals surface area (Å²) in [6.07, 6.45) is 3.48. The highest BCUT2D eigenvalue weighted by molar-refractivity contribution is 6.30. The summed E-state index contributed by atoms with van der Waals surface area (Å²) in [5.41, 5.74) is 0.891. The minimum absolute atomic E-state index is 0.0565. The molecule has 0 bridgehead atoms. The Kier molecular flexibility index (Phi) is 4.65. The molecule has 1 fully saturated rings. The zero-order valence-corrected chi connectivity index (χ0v) is 11.6. The Morgan fingerprint density at radius 1 is 1.44 bits per heavy atom. The van der Waals surface area contributed by atoms with E-state index in [2.05, 4.69) is 6.92 Å². The summed E-state index contributed by atoms with van der Waals surface area (Å²) < 4.78 is 0. The molecule has 18 heavy (non-hydrogen) atoms. The Balaban J connectivity index is 2.02. The van der Waals surface area contributed by atoms with Crippen molar-refractivity contribution in [3.63, 3.8) is 0 Å². The molecular formula is C15H20ClNO. The van der Waals surface area contributed by atoms with Crippen molar-refractivity contribution in [1.29, 1.82) is 0 Å². The van der Waals surface area contributed by atoms with Crippen molar-refractivity contribution in [3.8, 4) is 0 Å². The fourth-order valence-electron chi connectivity index (χ4n) is 2.52. The smallest absolute Gasteiger partial charge is 0.245 e. The van der Waals surface area contributed by atoms with Crippen molar-refractivity contribution in [2.45, 2.75) is 31.6 Å². The lowest BCUT2D eigenvalue weighted by atomic mass is 9.95. The SMILES string of the molecule is CCC1CCCN(C(=O)C(Cl)c2ccccc2)C1. The number of hydrogen-bond acceptors (Lipinski definition) is 1. The van der Waals surface area contributed by atoms with Crippen LogP contribution >= 0.6 is 11.6 Å². The second kappa shape index (κ2) is 6.24. The summed E-state index contributed by atoms with van der Waals surface area (Å²) in [5.74, 6) is 0.698. The van der Waals surface area contributed by atoms with Crippen molar-refractivity contribution in [2.24, 2.45) is 5.92 Å². The van der Waals surface area contributed by atoms with Gasteiger partial charge < -0.3 is 4.90 Å². The van der Waals surface area contributed by atoms with Crippen molar-refractivity contribution >= 4 is 17.5 Å². The van der Waals surface area contributed by atoms with Gasteiger partial charge in [-0.15, -0.1) is 11.6 Å². The first-order chi connectivity index (χ1) is 8.72. The van der Waals surface area contributed by atoms with Gasteiger partial charge in [0.25, 0.3) is 0 Å². The van der Waals surface area contributed by atoms with E-state index < -0.39 is 5.38 Å². The van der Waals surface area contributed by atoms with E-state index in [9.17, 15) is 4.79 Å². The molecule has 1 amide bonds. The molecule has 2 rings (SSSR count). The maximum Gasteiger partial charge on any atom is 0.245 e. The quantitative estimate of drug-likeness (QED) is 0.765. The molecule has 2 unspecified atom stereocenters. The van der Waals surface area contributed by atoms with Gasteiger partial charge >= 0.3 is 0 Å². The summed E-state index contributed by atoms with van der Waals surface area (Å²) in [4.78, 5) is 14.3. The van der Waals surface area contributed by atoms with Gasteiger partial charge in [0.05, 0.1) is 0 Å². The topological polar surface area (TPSA) is 20.3 Å². The van der Waals surface area contributed by atoms with Gasteiger partial charge in [0, 0.05) is 13.1 Å². The van der Waals surface area contributed by atoms with Crippen molar-refractivity contribution in [3.05, 3.63) is 35.9 Å². The number of halogens is 1. The van der Waals surface area contributed by atoms with Crippen LogP contribution in [-0.2, 0) is 4.79 Å². The molecular weight excluding hydrogens is 246 g/mol. The molecule has 0 saturated carbocycles. The third kappa shape index (κ3) is 3.05. The lowest BCUT2D eigenvalue weighted by Crippen LogP contribution is -2.41. The highest BCUT2D eigenvalue weighted by Crippen LogP contribution is 2.26. The zero-order chi connectivity index (χ0) is 13.0. The van der Waals surface area contributed by atoms with Crippen LogP contribution < -0.4 is 0 Å². The van der Waals surface area contributed by atoms with Gasteiger partial charge in [-0.1, -0.05) is 43.7 Å². The summed E-state index contributed by atoms with van der Waals surface area (Å²) in [6, 6.07) is 9.60. The van der Waals surface area contributed by atoms with Crippen LogP contribution in [0.4, 0.5) is 0 Å². The molecule has 0 radical (unpaired) electrons. The molecule has 2 atom stereocenters. The monoisotopic (exact) mass is 265 g/mol. The number of amides is 1. The van der Waals surface area contributed by atoms with Crippen LogP contribution in [-0.4, -0.2) is 23.9 Å². The lowest BCUT2D eigenvalue weighted by Gasteiger charge is -2.33. The Morgan fingerprint density at radius 3 is 2.83 bits per heavy atom. The molecule has 0 aliphatic carbocycles. The maximum absolute atomic E-state index is 12.4. The van der Waals surface area contributed by atoms with E-state index in [1.54, 1.807) is 0 Å². The van der Waals surface area contributed by atoms with Gasteiger partial charge in [-0.2, -0.15) is 0 Å². The van der Waals surface area contributed by atoms with Crippen LogP contribution in [0.3, 0.4) is 0 Å². The molecule has 2 nitrogen and oxygen atoms in total. The number of piperidine rings is 1. The third-order valence-corrected chi connectivity index (χ3v) is 4.16. The van der Waals surface area contributed by atoms with Crippen LogP contribution in [0.15, 0.2) is 30.3 Å². The van der Waals surface area contributed by atoms with Crippen molar-refractivity contribution < 1.29 is 4.79 Å². The molecule has 3 heteroatoms. The second-order valence-corrected chi connectivity index (χ2v) is 5.41. The van der Waals surface area contributed by atoms with Gasteiger partial charge in [-0.3, -0.25) is 4.79 Å². The normalized spacial score (nSPS) is 21.7. The Morgan fingerprint density at radius 2 is 2.17 bits per heavy atom. The minimum atomic E-state index is -0.540. The predicted octanol–water partition coefficient (Wildman–Crippen LogP) is 3.62. The molecule has 0 aromatic heterocycles. The molecule has 1 aliphatic heterocycles. The van der Waals surface area contributed by atoms with Crippen LogP contribution in [0.5, 0.6) is 0 Å². The van der Waals surface area contributed by atoms with Gasteiger partial charge in [0.15, 0.2) is 0 Å². The van der Waals surface area contributed by atoms with Crippen molar-refractivity contribution in [1.82, 2.24) is 4.90 Å². The first kappa shape index (κ1) is 13.4. The average Bonchev–Trinajstić information content (AvgIpc) is 2.46. The highest BCUT2D eigenvalue weighted by Gasteiger charge is 2.27. The lowest BCUT2D eigenvalue weighted by molar-refractivity contribution is -0.132. The van der Waals surface area contributed by atoms with E-state index >= 15 is 0 Å². The molecule has 98 valence electrons. The number of carbonyl (C=O) groups excluding carboxylic acids is 1. The van der Waals surface area contributed by atoms with Crippen LogP contribution in [0, 0.1) is 5.92 Å². The average molecular weight is 266 g/mol. The summed E-state index contributed by atoms with van der Waals surface area (Å²) >= 11 is 6.29. The molecule has 1 aromatic carbocycles. The molecule has 0 spiro atoms. The fraction of sp³-hybridized carbons (Fsp3) is 0.533. The van der Waals surface area contributed by atoms with E-state index in [4.69, 9.17) is 11.6 Å². The maximum atomic E-state index is 12.4. The van der Waals surface area contributed by atoms with Crippen LogP contribution in [0.25, 0.3) is 0 Å². The summed E-state index contributed by atoms with van der Waals surface area (Å²) in [7, 11) is 0. The Hall–Kier alpha value is -1.02. The molecule has 1 heterocycles. The third-order valence-electron chi connectivity index (χ3n) is 3.72. The van der Waals surface area contributed by atoms with E-state index in [-0.39, 0.29) is 5.91 Å². The molecule has 0 N–H and O–H groups in total.